The van der Waals surface area contributed by atoms with E-state index in [1.54, 1.807) is 30.3 Å². The topological polar surface area (TPSA) is 66.4 Å². The van der Waals surface area contributed by atoms with Crippen molar-refractivity contribution in [3.8, 4) is 0 Å². The lowest BCUT2D eigenvalue weighted by Crippen LogP contribution is -2.16. The van der Waals surface area contributed by atoms with Gasteiger partial charge in [-0.05, 0) is 42.2 Å². The van der Waals surface area contributed by atoms with Crippen LogP contribution in [0.5, 0.6) is 0 Å². The predicted octanol–water partition coefficient (Wildman–Crippen LogP) is 2.74. The monoisotopic (exact) mass is 305 g/mol. The van der Waals surface area contributed by atoms with Crippen molar-refractivity contribution in [2.75, 3.05) is 4.72 Å². The highest BCUT2D eigenvalue weighted by Gasteiger charge is 2.13. The van der Waals surface area contributed by atoms with Crippen LogP contribution in [0.2, 0.25) is 0 Å². The van der Waals surface area contributed by atoms with E-state index in [0.717, 1.165) is 11.1 Å². The van der Waals surface area contributed by atoms with Crippen LogP contribution < -0.4 is 4.72 Å². The third-order valence-corrected chi connectivity index (χ3v) is 4.65. The molecular formula is C16H19NO3S. The van der Waals surface area contributed by atoms with Crippen molar-refractivity contribution in [2.24, 2.45) is 0 Å². The summed E-state index contributed by atoms with van der Waals surface area (Å²) in [4.78, 5) is 0. The molecule has 112 valence electrons. The van der Waals surface area contributed by atoms with Crippen molar-refractivity contribution in [3.05, 3.63) is 64.7 Å². The number of hydrogen-bond donors (Lipinski definition) is 2. The summed E-state index contributed by atoms with van der Waals surface area (Å²) in [5.41, 5.74) is 3.92. The zero-order valence-corrected chi connectivity index (χ0v) is 12.9. The molecule has 2 rings (SSSR count). The molecule has 0 amide bonds. The Morgan fingerprint density at radius 2 is 1.71 bits per heavy atom. The highest BCUT2D eigenvalue weighted by atomic mass is 32.2. The van der Waals surface area contributed by atoms with Crippen LogP contribution >= 0.6 is 0 Å². The summed E-state index contributed by atoms with van der Waals surface area (Å²) < 4.78 is 27.1. The fourth-order valence-electron chi connectivity index (χ4n) is 2.10. The van der Waals surface area contributed by atoms with E-state index in [0.29, 0.717) is 16.8 Å². The van der Waals surface area contributed by atoms with Crippen molar-refractivity contribution in [1.29, 1.82) is 0 Å². The van der Waals surface area contributed by atoms with Crippen molar-refractivity contribution in [2.45, 2.75) is 26.2 Å². The predicted molar refractivity (Wildman–Crippen MR) is 84.5 cm³/mol. The zero-order valence-electron chi connectivity index (χ0n) is 12.1. The highest BCUT2D eigenvalue weighted by molar-refractivity contribution is 7.91. The Hall–Kier alpha value is -1.85. The SMILES string of the molecule is Cc1cccc(NS(=O)(=O)Cc2cccc(CO)c2)c1C. The molecule has 2 aromatic carbocycles. The van der Waals surface area contributed by atoms with E-state index in [-0.39, 0.29) is 12.4 Å². The average Bonchev–Trinajstić information content (AvgIpc) is 2.43. The second-order valence-electron chi connectivity index (χ2n) is 5.09. The number of aryl methyl sites for hydroxylation is 1. The number of rotatable bonds is 5. The number of sulfonamides is 1. The molecule has 5 heteroatoms. The van der Waals surface area contributed by atoms with Gasteiger partial charge in [0.15, 0.2) is 0 Å². The van der Waals surface area contributed by atoms with E-state index in [2.05, 4.69) is 4.72 Å². The fraction of sp³-hybridized carbons (Fsp3) is 0.250. The number of aliphatic hydroxyl groups excluding tert-OH is 1. The van der Waals surface area contributed by atoms with E-state index in [4.69, 9.17) is 5.11 Å². The largest absolute Gasteiger partial charge is 0.392 e. The van der Waals surface area contributed by atoms with Crippen LogP contribution in [-0.4, -0.2) is 13.5 Å². The summed E-state index contributed by atoms with van der Waals surface area (Å²) in [6.45, 7) is 3.73. The van der Waals surface area contributed by atoms with Gasteiger partial charge in [0.05, 0.1) is 18.0 Å². The molecule has 21 heavy (non-hydrogen) atoms. The van der Waals surface area contributed by atoms with Crippen LogP contribution in [0.4, 0.5) is 5.69 Å². The molecule has 0 saturated carbocycles. The van der Waals surface area contributed by atoms with Crippen LogP contribution in [0.15, 0.2) is 42.5 Å². The molecule has 0 fully saturated rings. The summed E-state index contributed by atoms with van der Waals surface area (Å²) in [6, 6.07) is 12.5. The lowest BCUT2D eigenvalue weighted by atomic mass is 10.1. The van der Waals surface area contributed by atoms with Gasteiger partial charge in [-0.25, -0.2) is 8.42 Å². The number of nitrogens with one attached hydrogen (secondary N) is 1. The molecular weight excluding hydrogens is 286 g/mol. The first-order chi connectivity index (χ1) is 9.91. The summed E-state index contributed by atoms with van der Waals surface area (Å²) in [5.74, 6) is -0.117. The van der Waals surface area contributed by atoms with Gasteiger partial charge in [-0.1, -0.05) is 36.4 Å². The molecule has 0 saturated heterocycles. The second-order valence-corrected chi connectivity index (χ2v) is 6.81. The summed E-state index contributed by atoms with van der Waals surface area (Å²) >= 11 is 0. The van der Waals surface area contributed by atoms with Gasteiger partial charge in [0.25, 0.3) is 0 Å². The number of aliphatic hydroxyl groups is 1. The average molecular weight is 305 g/mol. The fourth-order valence-corrected chi connectivity index (χ4v) is 3.35. The molecule has 0 radical (unpaired) electrons. The molecule has 0 bridgehead atoms. The van der Waals surface area contributed by atoms with Gasteiger partial charge in [-0.3, -0.25) is 4.72 Å². The standard InChI is InChI=1S/C16H19NO3S/c1-12-5-3-8-16(13(12)2)17-21(19,20)11-15-7-4-6-14(9-15)10-18/h3-9,17-18H,10-11H2,1-2H3. The molecule has 0 unspecified atom stereocenters. The van der Waals surface area contributed by atoms with Gasteiger partial charge in [0.1, 0.15) is 0 Å². The van der Waals surface area contributed by atoms with E-state index < -0.39 is 10.0 Å². The van der Waals surface area contributed by atoms with Crippen LogP contribution in [0.1, 0.15) is 22.3 Å². The van der Waals surface area contributed by atoms with Gasteiger partial charge >= 0.3 is 0 Å². The number of benzene rings is 2. The quantitative estimate of drug-likeness (QED) is 0.892. The maximum atomic E-state index is 12.3. The van der Waals surface area contributed by atoms with Crippen molar-refractivity contribution in [1.82, 2.24) is 0 Å². The molecule has 0 spiro atoms. The smallest absolute Gasteiger partial charge is 0.236 e. The minimum absolute atomic E-state index is 0.0989. The van der Waals surface area contributed by atoms with E-state index >= 15 is 0 Å². The molecule has 0 aliphatic rings. The Kier molecular flexibility index (Phi) is 4.65. The first kappa shape index (κ1) is 15.5. The van der Waals surface area contributed by atoms with Crippen molar-refractivity contribution in [3.63, 3.8) is 0 Å². The van der Waals surface area contributed by atoms with Crippen LogP contribution in [-0.2, 0) is 22.4 Å². The third-order valence-electron chi connectivity index (χ3n) is 3.40. The number of hydrogen-bond acceptors (Lipinski definition) is 3. The molecule has 2 aromatic rings. The molecule has 0 atom stereocenters. The van der Waals surface area contributed by atoms with Gasteiger partial charge in [-0.2, -0.15) is 0 Å². The Morgan fingerprint density at radius 3 is 2.43 bits per heavy atom. The summed E-state index contributed by atoms with van der Waals surface area (Å²) in [6.07, 6.45) is 0. The van der Waals surface area contributed by atoms with Gasteiger partial charge in [0.2, 0.25) is 10.0 Å². The first-order valence-corrected chi connectivity index (χ1v) is 8.32. The first-order valence-electron chi connectivity index (χ1n) is 6.66. The lowest BCUT2D eigenvalue weighted by Gasteiger charge is -2.12. The van der Waals surface area contributed by atoms with Crippen molar-refractivity contribution < 1.29 is 13.5 Å². The normalized spacial score (nSPS) is 11.4. The van der Waals surface area contributed by atoms with E-state index in [9.17, 15) is 8.42 Å². The van der Waals surface area contributed by atoms with Crippen LogP contribution in [0, 0.1) is 13.8 Å². The van der Waals surface area contributed by atoms with Crippen molar-refractivity contribution >= 4 is 15.7 Å². The molecule has 0 aliphatic heterocycles. The maximum absolute atomic E-state index is 12.3. The minimum atomic E-state index is -3.48. The van der Waals surface area contributed by atoms with Gasteiger partial charge < -0.3 is 5.11 Å². The Morgan fingerprint density at radius 1 is 1.05 bits per heavy atom. The Balaban J connectivity index is 2.20. The third kappa shape index (κ3) is 4.06. The van der Waals surface area contributed by atoms with Gasteiger partial charge in [-0.15, -0.1) is 0 Å². The Labute approximate surface area is 125 Å². The van der Waals surface area contributed by atoms with Gasteiger partial charge in [0, 0.05) is 0 Å². The Bertz CT molecular complexity index is 739. The summed E-state index contributed by atoms with van der Waals surface area (Å²) in [7, 11) is -3.48. The molecule has 2 N–H and O–H groups in total. The van der Waals surface area contributed by atoms with E-state index in [1.807, 2.05) is 26.0 Å². The molecule has 0 aliphatic carbocycles. The van der Waals surface area contributed by atoms with Crippen LogP contribution in [0.25, 0.3) is 0 Å². The highest BCUT2D eigenvalue weighted by Crippen LogP contribution is 2.20. The van der Waals surface area contributed by atoms with Crippen LogP contribution in [0.3, 0.4) is 0 Å². The molecule has 0 heterocycles. The molecule has 4 nitrogen and oxygen atoms in total. The minimum Gasteiger partial charge on any atom is -0.392 e. The zero-order chi connectivity index (χ0) is 15.5. The number of anilines is 1. The molecule has 0 aromatic heterocycles. The van der Waals surface area contributed by atoms with E-state index in [1.165, 1.54) is 0 Å². The maximum Gasteiger partial charge on any atom is 0.236 e. The summed E-state index contributed by atoms with van der Waals surface area (Å²) in [5, 5.41) is 9.10. The lowest BCUT2D eigenvalue weighted by molar-refractivity contribution is 0.282. The second kappa shape index (κ2) is 6.28.